The number of hydrogen-bond acceptors (Lipinski definition) is 5. The van der Waals surface area contributed by atoms with E-state index in [1.807, 2.05) is 6.07 Å². The summed E-state index contributed by atoms with van der Waals surface area (Å²) >= 11 is 5.88. The number of carbonyl (C=O) groups is 2. The molecule has 0 saturated carbocycles. The van der Waals surface area contributed by atoms with Crippen LogP contribution in [-0.4, -0.2) is 31.1 Å². The zero-order valence-corrected chi connectivity index (χ0v) is 14.1. The number of carbonyl (C=O) groups excluding carboxylic acids is 2. The van der Waals surface area contributed by atoms with Crippen molar-refractivity contribution in [3.8, 4) is 6.07 Å². The molecule has 1 aliphatic rings. The summed E-state index contributed by atoms with van der Waals surface area (Å²) in [6.07, 6.45) is 0. The van der Waals surface area contributed by atoms with Gasteiger partial charge in [-0.1, -0.05) is 23.7 Å². The molecule has 0 unspecified atom stereocenters. The molecule has 25 heavy (non-hydrogen) atoms. The molecule has 0 radical (unpaired) electrons. The number of sulfonamides is 1. The Morgan fingerprint density at radius 2 is 1.96 bits per heavy atom. The second kappa shape index (κ2) is 6.20. The molecular weight excluding hydrogens is 366 g/mol. The first-order chi connectivity index (χ1) is 11.8. The molecule has 3 rings (SSSR count). The molecule has 1 aliphatic heterocycles. The van der Waals surface area contributed by atoms with Crippen molar-refractivity contribution < 1.29 is 18.0 Å². The molecule has 0 aromatic heterocycles. The number of halogens is 1. The fourth-order valence-electron chi connectivity index (χ4n) is 2.40. The van der Waals surface area contributed by atoms with Crippen LogP contribution in [0.2, 0.25) is 5.02 Å². The number of hydrogen-bond donors (Lipinski definition) is 1. The van der Waals surface area contributed by atoms with Gasteiger partial charge in [-0.3, -0.25) is 9.59 Å². The largest absolute Gasteiger partial charge is 0.324 e. The monoisotopic (exact) mass is 375 g/mol. The molecule has 9 heteroatoms. The number of rotatable bonds is 3. The van der Waals surface area contributed by atoms with Gasteiger partial charge in [0, 0.05) is 5.69 Å². The van der Waals surface area contributed by atoms with Gasteiger partial charge in [-0.25, -0.2) is 12.7 Å². The Morgan fingerprint density at radius 1 is 1.24 bits per heavy atom. The number of nitrogens with one attached hydrogen (secondary N) is 1. The van der Waals surface area contributed by atoms with Crippen LogP contribution in [0.5, 0.6) is 0 Å². The van der Waals surface area contributed by atoms with Gasteiger partial charge in [-0.05, 0) is 30.3 Å². The minimum absolute atomic E-state index is 0.0386. The molecular formula is C16H10ClN3O4S. The van der Waals surface area contributed by atoms with Gasteiger partial charge in [0.15, 0.2) is 0 Å². The summed E-state index contributed by atoms with van der Waals surface area (Å²) in [6, 6.07) is 11.9. The topological polar surface area (TPSA) is 107 Å². The second-order valence-corrected chi connectivity index (χ2v) is 7.41. The van der Waals surface area contributed by atoms with Gasteiger partial charge in [0.1, 0.15) is 17.5 Å². The lowest BCUT2D eigenvalue weighted by molar-refractivity contribution is -0.116. The van der Waals surface area contributed by atoms with Gasteiger partial charge in [0.25, 0.3) is 15.9 Å². The summed E-state index contributed by atoms with van der Waals surface area (Å²) in [6.45, 7) is -0.659. The third kappa shape index (κ3) is 2.95. The SMILES string of the molecule is N#Cc1ccc(NC(=O)CN2C(=O)c3ccccc3S2(=O)=O)cc1Cl. The summed E-state index contributed by atoms with van der Waals surface area (Å²) < 4.78 is 25.3. The van der Waals surface area contributed by atoms with Gasteiger partial charge in [0.2, 0.25) is 5.91 Å². The van der Waals surface area contributed by atoms with Gasteiger partial charge in [0.05, 0.1) is 16.1 Å². The minimum atomic E-state index is -4.05. The Labute approximate surface area is 148 Å². The van der Waals surface area contributed by atoms with Gasteiger partial charge in [-0.15, -0.1) is 0 Å². The average Bonchev–Trinajstić information content (AvgIpc) is 2.76. The van der Waals surface area contributed by atoms with Crippen LogP contribution in [0.1, 0.15) is 15.9 Å². The van der Waals surface area contributed by atoms with Crippen LogP contribution in [0.4, 0.5) is 5.69 Å². The van der Waals surface area contributed by atoms with E-state index >= 15 is 0 Å². The van der Waals surface area contributed by atoms with Crippen molar-refractivity contribution in [1.82, 2.24) is 4.31 Å². The zero-order chi connectivity index (χ0) is 18.2. The number of fused-ring (bicyclic) bond motifs is 1. The number of anilines is 1. The van der Waals surface area contributed by atoms with Crippen LogP contribution < -0.4 is 5.32 Å². The lowest BCUT2D eigenvalue weighted by Crippen LogP contribution is -2.37. The predicted octanol–water partition coefficient (Wildman–Crippen LogP) is 1.99. The lowest BCUT2D eigenvalue weighted by atomic mass is 10.2. The van der Waals surface area contributed by atoms with E-state index < -0.39 is 28.4 Å². The van der Waals surface area contributed by atoms with E-state index in [-0.39, 0.29) is 26.7 Å². The number of amides is 2. The summed E-state index contributed by atoms with van der Waals surface area (Å²) in [7, 11) is -4.05. The van der Waals surface area contributed by atoms with E-state index in [0.29, 0.717) is 4.31 Å². The maximum Gasteiger partial charge on any atom is 0.269 e. The molecule has 0 bridgehead atoms. The maximum atomic E-state index is 12.4. The lowest BCUT2D eigenvalue weighted by Gasteiger charge is -2.15. The Balaban J connectivity index is 1.79. The van der Waals surface area contributed by atoms with Crippen molar-refractivity contribution in [1.29, 1.82) is 5.26 Å². The van der Waals surface area contributed by atoms with E-state index in [2.05, 4.69) is 5.32 Å². The average molecular weight is 376 g/mol. The molecule has 126 valence electrons. The zero-order valence-electron chi connectivity index (χ0n) is 12.6. The fourth-order valence-corrected chi connectivity index (χ4v) is 4.15. The number of benzene rings is 2. The normalized spacial score (nSPS) is 14.7. The van der Waals surface area contributed by atoms with Crippen molar-refractivity contribution in [2.45, 2.75) is 4.90 Å². The highest BCUT2D eigenvalue weighted by atomic mass is 35.5. The van der Waals surface area contributed by atoms with Crippen molar-refractivity contribution in [2.24, 2.45) is 0 Å². The molecule has 0 saturated heterocycles. The summed E-state index contributed by atoms with van der Waals surface area (Å²) in [5, 5.41) is 11.4. The molecule has 0 fully saturated rings. The van der Waals surface area contributed by atoms with E-state index in [1.54, 1.807) is 6.07 Å². The molecule has 2 amide bonds. The van der Waals surface area contributed by atoms with Crippen LogP contribution >= 0.6 is 11.6 Å². The van der Waals surface area contributed by atoms with Crippen LogP contribution in [-0.2, 0) is 14.8 Å². The molecule has 0 atom stereocenters. The highest BCUT2D eigenvalue weighted by Crippen LogP contribution is 2.29. The van der Waals surface area contributed by atoms with Gasteiger partial charge < -0.3 is 5.32 Å². The summed E-state index contributed by atoms with van der Waals surface area (Å²) in [4.78, 5) is 24.3. The van der Waals surface area contributed by atoms with E-state index in [4.69, 9.17) is 16.9 Å². The maximum absolute atomic E-state index is 12.4. The van der Waals surface area contributed by atoms with Crippen molar-refractivity contribution in [3.63, 3.8) is 0 Å². The third-order valence-corrected chi connectivity index (χ3v) is 5.67. The Morgan fingerprint density at radius 3 is 2.60 bits per heavy atom. The number of nitriles is 1. The van der Waals surface area contributed by atoms with E-state index in [1.165, 1.54) is 36.4 Å². The van der Waals surface area contributed by atoms with Crippen molar-refractivity contribution in [2.75, 3.05) is 11.9 Å². The van der Waals surface area contributed by atoms with Gasteiger partial charge in [-0.2, -0.15) is 5.26 Å². The number of nitrogens with zero attached hydrogens (tertiary/aromatic N) is 2. The Bertz CT molecular complexity index is 1040. The quantitative estimate of drug-likeness (QED) is 0.882. The standard InChI is InChI=1S/C16H10ClN3O4S/c17-13-7-11(6-5-10(13)8-18)19-15(21)9-20-16(22)12-3-1-2-4-14(12)25(20,23)24/h1-7H,9H2,(H,19,21). The van der Waals surface area contributed by atoms with Crippen LogP contribution in [0.3, 0.4) is 0 Å². The smallest absolute Gasteiger partial charge is 0.269 e. The Hall–Kier alpha value is -2.89. The highest BCUT2D eigenvalue weighted by molar-refractivity contribution is 7.90. The van der Waals surface area contributed by atoms with Crippen molar-refractivity contribution in [3.05, 3.63) is 58.6 Å². The van der Waals surface area contributed by atoms with Crippen molar-refractivity contribution >= 4 is 39.1 Å². The molecule has 1 heterocycles. The third-order valence-electron chi connectivity index (χ3n) is 3.57. The first-order valence-electron chi connectivity index (χ1n) is 7.00. The van der Waals surface area contributed by atoms with Crippen LogP contribution in [0.15, 0.2) is 47.4 Å². The van der Waals surface area contributed by atoms with Crippen LogP contribution in [0, 0.1) is 11.3 Å². The first kappa shape index (κ1) is 17.0. The fraction of sp³-hybridized carbons (Fsp3) is 0.0625. The second-order valence-electron chi connectivity index (χ2n) is 5.17. The summed E-state index contributed by atoms with van der Waals surface area (Å²) in [5.74, 6) is -1.45. The van der Waals surface area contributed by atoms with E-state index in [0.717, 1.165) is 0 Å². The highest BCUT2D eigenvalue weighted by Gasteiger charge is 2.41. The minimum Gasteiger partial charge on any atom is -0.324 e. The molecule has 0 spiro atoms. The first-order valence-corrected chi connectivity index (χ1v) is 8.82. The summed E-state index contributed by atoms with van der Waals surface area (Å²) in [5.41, 5.74) is 0.569. The Kier molecular flexibility index (Phi) is 4.20. The molecule has 1 N–H and O–H groups in total. The molecule has 7 nitrogen and oxygen atoms in total. The molecule has 2 aromatic rings. The van der Waals surface area contributed by atoms with E-state index in [9.17, 15) is 18.0 Å². The van der Waals surface area contributed by atoms with Gasteiger partial charge >= 0.3 is 0 Å². The predicted molar refractivity (Wildman–Crippen MR) is 89.5 cm³/mol. The van der Waals surface area contributed by atoms with Crippen LogP contribution in [0.25, 0.3) is 0 Å². The molecule has 0 aliphatic carbocycles. The molecule has 2 aromatic carbocycles.